The Balaban J connectivity index is 1.65. The fourth-order valence-corrected chi connectivity index (χ4v) is 4.45. The number of ether oxygens (including phenoxy) is 1. The average Bonchev–Trinajstić information content (AvgIpc) is 3.34. The summed E-state index contributed by atoms with van der Waals surface area (Å²) in [6.07, 6.45) is 1.89. The molecular formula is C18H23N3O3S. The van der Waals surface area contributed by atoms with Crippen LogP contribution in [0.15, 0.2) is 23.2 Å². The second kappa shape index (κ2) is 6.90. The van der Waals surface area contributed by atoms with Gasteiger partial charge in [0.1, 0.15) is 5.70 Å². The number of hydrogen-bond acceptors (Lipinski definition) is 6. The van der Waals surface area contributed by atoms with Crippen LogP contribution in [0, 0.1) is 0 Å². The van der Waals surface area contributed by atoms with Crippen molar-refractivity contribution in [1.82, 2.24) is 14.7 Å². The standard InChI is InChI=1S/C18H23N3O3S/c1-19-6-8-20(9-7-19)16-15(14-5-3-11-25-14)17(22)21(18(16)23)12-13-4-2-10-24-13/h3,5,11,13H,2,4,6-10,12H2,1H3. The number of amides is 2. The molecule has 3 aliphatic rings. The van der Waals surface area contributed by atoms with E-state index >= 15 is 0 Å². The van der Waals surface area contributed by atoms with Gasteiger partial charge in [0.05, 0.1) is 18.2 Å². The lowest BCUT2D eigenvalue weighted by Crippen LogP contribution is -2.46. The van der Waals surface area contributed by atoms with Crippen molar-refractivity contribution in [3.8, 4) is 0 Å². The molecular weight excluding hydrogens is 338 g/mol. The van der Waals surface area contributed by atoms with E-state index in [9.17, 15) is 9.59 Å². The van der Waals surface area contributed by atoms with Crippen molar-refractivity contribution in [1.29, 1.82) is 0 Å². The van der Waals surface area contributed by atoms with Gasteiger partial charge in [0.2, 0.25) is 0 Å². The summed E-state index contributed by atoms with van der Waals surface area (Å²) < 4.78 is 5.65. The van der Waals surface area contributed by atoms with Gasteiger partial charge in [0.15, 0.2) is 0 Å². The van der Waals surface area contributed by atoms with E-state index in [2.05, 4.69) is 16.8 Å². The van der Waals surface area contributed by atoms with E-state index in [1.54, 1.807) is 0 Å². The fraction of sp³-hybridized carbons (Fsp3) is 0.556. The molecule has 7 heteroatoms. The number of likely N-dealkylation sites (N-methyl/N-ethyl adjacent to an activating group) is 1. The highest BCUT2D eigenvalue weighted by atomic mass is 32.1. The maximum atomic E-state index is 13.1. The third kappa shape index (κ3) is 3.12. The van der Waals surface area contributed by atoms with Gasteiger partial charge in [-0.25, -0.2) is 0 Å². The lowest BCUT2D eigenvalue weighted by atomic mass is 10.1. The number of imide groups is 1. The highest BCUT2D eigenvalue weighted by molar-refractivity contribution is 7.11. The third-order valence-electron chi connectivity index (χ3n) is 5.14. The zero-order valence-corrected chi connectivity index (χ0v) is 15.3. The van der Waals surface area contributed by atoms with Crippen LogP contribution in [-0.4, -0.2) is 79.0 Å². The summed E-state index contributed by atoms with van der Waals surface area (Å²) in [6.45, 7) is 4.42. The van der Waals surface area contributed by atoms with Crippen LogP contribution < -0.4 is 0 Å². The van der Waals surface area contributed by atoms with Crippen molar-refractivity contribution in [3.63, 3.8) is 0 Å². The Morgan fingerprint density at radius 3 is 2.64 bits per heavy atom. The SMILES string of the molecule is CN1CCN(C2=C(c3cccs3)C(=O)N(CC3CCCO3)C2=O)CC1. The first-order chi connectivity index (χ1) is 12.1. The zero-order chi connectivity index (χ0) is 17.4. The maximum Gasteiger partial charge on any atom is 0.277 e. The number of thiophene rings is 1. The molecule has 134 valence electrons. The van der Waals surface area contributed by atoms with E-state index in [1.807, 2.05) is 17.5 Å². The predicted molar refractivity (Wildman–Crippen MR) is 96.0 cm³/mol. The largest absolute Gasteiger partial charge is 0.376 e. The van der Waals surface area contributed by atoms with Gasteiger partial charge < -0.3 is 14.5 Å². The van der Waals surface area contributed by atoms with Gasteiger partial charge in [-0.3, -0.25) is 14.5 Å². The molecule has 6 nitrogen and oxygen atoms in total. The number of piperazine rings is 1. The van der Waals surface area contributed by atoms with Crippen LogP contribution in [0.4, 0.5) is 0 Å². The molecule has 1 unspecified atom stereocenters. The fourth-order valence-electron chi connectivity index (χ4n) is 3.69. The highest BCUT2D eigenvalue weighted by Crippen LogP contribution is 2.34. The van der Waals surface area contributed by atoms with Crippen molar-refractivity contribution in [2.24, 2.45) is 0 Å². The normalized spacial score (nSPS) is 25.6. The smallest absolute Gasteiger partial charge is 0.277 e. The molecule has 1 atom stereocenters. The van der Waals surface area contributed by atoms with E-state index < -0.39 is 0 Å². The molecule has 4 heterocycles. The van der Waals surface area contributed by atoms with Gasteiger partial charge in [0, 0.05) is 37.7 Å². The molecule has 0 spiro atoms. The lowest BCUT2D eigenvalue weighted by Gasteiger charge is -2.34. The zero-order valence-electron chi connectivity index (χ0n) is 14.4. The van der Waals surface area contributed by atoms with E-state index in [0.29, 0.717) is 17.8 Å². The monoisotopic (exact) mass is 361 g/mol. The molecule has 0 saturated carbocycles. The number of rotatable bonds is 4. The van der Waals surface area contributed by atoms with Crippen molar-refractivity contribution in [2.75, 3.05) is 46.4 Å². The number of hydrogen-bond donors (Lipinski definition) is 0. The first kappa shape index (κ1) is 16.8. The van der Waals surface area contributed by atoms with Crippen LogP contribution in [0.2, 0.25) is 0 Å². The Kier molecular flexibility index (Phi) is 4.62. The summed E-state index contributed by atoms with van der Waals surface area (Å²) >= 11 is 1.51. The van der Waals surface area contributed by atoms with Crippen LogP contribution in [0.25, 0.3) is 5.57 Å². The number of carbonyl (C=O) groups is 2. The van der Waals surface area contributed by atoms with Gasteiger partial charge in [-0.15, -0.1) is 11.3 Å². The number of carbonyl (C=O) groups excluding carboxylic acids is 2. The summed E-state index contributed by atoms with van der Waals surface area (Å²) in [4.78, 5) is 32.8. The van der Waals surface area contributed by atoms with Gasteiger partial charge >= 0.3 is 0 Å². The summed E-state index contributed by atoms with van der Waals surface area (Å²) in [5.74, 6) is -0.328. The Morgan fingerprint density at radius 2 is 2.00 bits per heavy atom. The van der Waals surface area contributed by atoms with Crippen LogP contribution in [0.3, 0.4) is 0 Å². The Hall–Kier alpha value is -1.70. The third-order valence-corrected chi connectivity index (χ3v) is 6.03. The second-order valence-corrected chi connectivity index (χ2v) is 7.79. The molecule has 2 amide bonds. The molecule has 2 fully saturated rings. The molecule has 0 aliphatic carbocycles. The lowest BCUT2D eigenvalue weighted by molar-refractivity contribution is -0.139. The van der Waals surface area contributed by atoms with E-state index in [4.69, 9.17) is 4.74 Å². The molecule has 4 rings (SSSR count). The summed E-state index contributed by atoms with van der Waals surface area (Å²) in [6, 6.07) is 3.85. The van der Waals surface area contributed by atoms with Gasteiger partial charge in [0.25, 0.3) is 11.8 Å². The molecule has 25 heavy (non-hydrogen) atoms. The van der Waals surface area contributed by atoms with E-state index in [-0.39, 0.29) is 17.9 Å². The minimum atomic E-state index is -0.170. The minimum Gasteiger partial charge on any atom is -0.376 e. The van der Waals surface area contributed by atoms with Crippen molar-refractivity contribution in [3.05, 3.63) is 28.1 Å². The molecule has 3 aliphatic heterocycles. The van der Waals surface area contributed by atoms with Gasteiger partial charge in [-0.2, -0.15) is 0 Å². The van der Waals surface area contributed by atoms with Crippen LogP contribution >= 0.6 is 11.3 Å². The highest BCUT2D eigenvalue weighted by Gasteiger charge is 2.43. The maximum absolute atomic E-state index is 13.1. The minimum absolute atomic E-state index is 0.0238. The second-order valence-electron chi connectivity index (χ2n) is 6.85. The molecule has 2 saturated heterocycles. The van der Waals surface area contributed by atoms with E-state index in [1.165, 1.54) is 16.2 Å². The molecule has 0 aromatic carbocycles. The molecule has 1 aromatic rings. The summed E-state index contributed by atoms with van der Waals surface area (Å²) in [5.41, 5.74) is 1.15. The van der Waals surface area contributed by atoms with Crippen LogP contribution in [-0.2, 0) is 14.3 Å². The van der Waals surface area contributed by atoms with Crippen molar-refractivity contribution in [2.45, 2.75) is 18.9 Å². The topological polar surface area (TPSA) is 53.1 Å². The van der Waals surface area contributed by atoms with E-state index in [0.717, 1.165) is 50.5 Å². The summed E-state index contributed by atoms with van der Waals surface area (Å²) in [5, 5.41) is 1.95. The average molecular weight is 361 g/mol. The van der Waals surface area contributed by atoms with Crippen LogP contribution in [0.5, 0.6) is 0 Å². The van der Waals surface area contributed by atoms with Gasteiger partial charge in [-0.05, 0) is 31.3 Å². The quantitative estimate of drug-likeness (QED) is 0.756. The Morgan fingerprint density at radius 1 is 1.20 bits per heavy atom. The molecule has 0 radical (unpaired) electrons. The Labute approximate surface area is 151 Å². The predicted octanol–water partition coefficient (Wildman–Crippen LogP) is 1.25. The van der Waals surface area contributed by atoms with Crippen molar-refractivity contribution >= 4 is 28.7 Å². The first-order valence-electron chi connectivity index (χ1n) is 8.84. The first-order valence-corrected chi connectivity index (χ1v) is 9.72. The van der Waals surface area contributed by atoms with Gasteiger partial charge in [-0.1, -0.05) is 6.07 Å². The number of nitrogens with zero attached hydrogens (tertiary/aromatic N) is 3. The molecule has 1 aromatic heterocycles. The van der Waals surface area contributed by atoms with Crippen molar-refractivity contribution < 1.29 is 14.3 Å². The molecule has 0 bridgehead atoms. The Bertz CT molecular complexity index is 686. The summed E-state index contributed by atoms with van der Waals surface area (Å²) in [7, 11) is 2.08. The molecule has 0 N–H and O–H groups in total. The van der Waals surface area contributed by atoms with Crippen LogP contribution in [0.1, 0.15) is 17.7 Å².